The van der Waals surface area contributed by atoms with E-state index in [1.807, 2.05) is 71.7 Å². The second kappa shape index (κ2) is 6.53. The SMILES string of the molecule is Cn1ccc2cc(NC(=O)Nc3cccc(-c4csc(N)n4)c3)ccc21. The molecular formula is C19H17N5OS. The molecule has 0 unspecified atom stereocenters. The van der Waals surface area contributed by atoms with Gasteiger partial charge in [-0.3, -0.25) is 0 Å². The predicted octanol–water partition coefficient (Wildman–Crippen LogP) is 4.53. The van der Waals surface area contributed by atoms with E-state index >= 15 is 0 Å². The summed E-state index contributed by atoms with van der Waals surface area (Å²) < 4.78 is 2.04. The second-order valence-corrected chi connectivity index (χ2v) is 6.82. The fourth-order valence-corrected chi connectivity index (χ4v) is 3.40. The summed E-state index contributed by atoms with van der Waals surface area (Å²) >= 11 is 1.39. The number of nitrogens with zero attached hydrogens (tertiary/aromatic N) is 2. The molecule has 0 spiro atoms. The van der Waals surface area contributed by atoms with Gasteiger partial charge in [0.05, 0.1) is 5.69 Å². The smallest absolute Gasteiger partial charge is 0.323 e. The zero-order valence-electron chi connectivity index (χ0n) is 14.1. The van der Waals surface area contributed by atoms with Crippen molar-refractivity contribution in [2.45, 2.75) is 0 Å². The van der Waals surface area contributed by atoms with Gasteiger partial charge in [0.15, 0.2) is 5.13 Å². The summed E-state index contributed by atoms with van der Waals surface area (Å²) in [5.74, 6) is 0. The van der Waals surface area contributed by atoms with Gasteiger partial charge in [-0.15, -0.1) is 11.3 Å². The van der Waals surface area contributed by atoms with E-state index in [1.54, 1.807) is 0 Å². The zero-order chi connectivity index (χ0) is 18.1. The monoisotopic (exact) mass is 363 g/mol. The molecular weight excluding hydrogens is 346 g/mol. The summed E-state index contributed by atoms with van der Waals surface area (Å²) in [5, 5.41) is 9.20. The fourth-order valence-electron chi connectivity index (χ4n) is 2.83. The van der Waals surface area contributed by atoms with E-state index in [4.69, 9.17) is 5.73 Å². The Kier molecular flexibility index (Phi) is 4.06. The van der Waals surface area contributed by atoms with Crippen molar-refractivity contribution in [3.8, 4) is 11.3 Å². The maximum Gasteiger partial charge on any atom is 0.323 e. The molecule has 2 heterocycles. The number of rotatable bonds is 3. The van der Waals surface area contributed by atoms with Crippen LogP contribution in [0.2, 0.25) is 0 Å². The van der Waals surface area contributed by atoms with Crippen molar-refractivity contribution in [1.82, 2.24) is 9.55 Å². The number of hydrogen-bond acceptors (Lipinski definition) is 4. The number of nitrogen functional groups attached to an aromatic ring is 1. The van der Waals surface area contributed by atoms with E-state index in [0.29, 0.717) is 10.8 Å². The second-order valence-electron chi connectivity index (χ2n) is 5.93. The molecule has 4 N–H and O–H groups in total. The number of carbonyl (C=O) groups is 1. The molecule has 0 radical (unpaired) electrons. The number of benzene rings is 2. The fraction of sp³-hybridized carbons (Fsp3) is 0.0526. The molecule has 0 atom stereocenters. The summed E-state index contributed by atoms with van der Waals surface area (Å²) in [7, 11) is 1.99. The van der Waals surface area contributed by atoms with E-state index in [9.17, 15) is 4.79 Å². The first-order chi connectivity index (χ1) is 12.6. The lowest BCUT2D eigenvalue weighted by Gasteiger charge is -2.09. The van der Waals surface area contributed by atoms with Gasteiger partial charge in [0.25, 0.3) is 0 Å². The third kappa shape index (κ3) is 3.25. The van der Waals surface area contributed by atoms with Crippen molar-refractivity contribution in [3.05, 3.63) is 60.1 Å². The third-order valence-corrected chi connectivity index (χ3v) is 4.76. The van der Waals surface area contributed by atoms with Crippen LogP contribution in [-0.2, 0) is 7.05 Å². The van der Waals surface area contributed by atoms with Crippen LogP contribution in [0.4, 0.5) is 21.3 Å². The number of carbonyl (C=O) groups excluding carboxylic acids is 1. The van der Waals surface area contributed by atoms with Crippen LogP contribution in [0.3, 0.4) is 0 Å². The van der Waals surface area contributed by atoms with Crippen LogP contribution < -0.4 is 16.4 Å². The van der Waals surface area contributed by atoms with Crippen molar-refractivity contribution in [1.29, 1.82) is 0 Å². The van der Waals surface area contributed by atoms with E-state index < -0.39 is 0 Å². The average Bonchev–Trinajstić information content (AvgIpc) is 3.21. The number of amides is 2. The molecule has 0 bridgehead atoms. The van der Waals surface area contributed by atoms with Gasteiger partial charge in [0.2, 0.25) is 0 Å². The van der Waals surface area contributed by atoms with E-state index in [2.05, 4.69) is 15.6 Å². The van der Waals surface area contributed by atoms with E-state index in [0.717, 1.165) is 27.8 Å². The number of nitrogens with two attached hydrogens (primary N) is 1. The number of thiazole rings is 1. The average molecular weight is 363 g/mol. The van der Waals surface area contributed by atoms with Crippen molar-refractivity contribution in [2.24, 2.45) is 7.05 Å². The van der Waals surface area contributed by atoms with Crippen molar-refractivity contribution < 1.29 is 4.79 Å². The van der Waals surface area contributed by atoms with Crippen LogP contribution in [-0.4, -0.2) is 15.6 Å². The molecule has 0 aliphatic rings. The highest BCUT2D eigenvalue weighted by Crippen LogP contribution is 2.25. The maximum atomic E-state index is 12.3. The lowest BCUT2D eigenvalue weighted by molar-refractivity contribution is 0.262. The molecule has 26 heavy (non-hydrogen) atoms. The molecule has 2 aromatic heterocycles. The van der Waals surface area contributed by atoms with Gasteiger partial charge in [-0.25, -0.2) is 9.78 Å². The normalized spacial score (nSPS) is 10.8. The summed E-state index contributed by atoms with van der Waals surface area (Å²) in [5.41, 5.74) is 9.93. The first-order valence-electron chi connectivity index (χ1n) is 8.03. The highest BCUT2D eigenvalue weighted by molar-refractivity contribution is 7.13. The van der Waals surface area contributed by atoms with E-state index in [1.165, 1.54) is 11.3 Å². The molecule has 130 valence electrons. The van der Waals surface area contributed by atoms with Crippen LogP contribution in [0.15, 0.2) is 60.1 Å². The Labute approximate surface area is 154 Å². The van der Waals surface area contributed by atoms with Crippen molar-refractivity contribution in [3.63, 3.8) is 0 Å². The van der Waals surface area contributed by atoms with Gasteiger partial charge in [0, 0.05) is 46.5 Å². The predicted molar refractivity (Wildman–Crippen MR) is 108 cm³/mol. The number of aryl methyl sites for hydroxylation is 1. The Morgan fingerprint density at radius 2 is 1.92 bits per heavy atom. The van der Waals surface area contributed by atoms with Crippen molar-refractivity contribution >= 4 is 44.8 Å². The van der Waals surface area contributed by atoms with E-state index in [-0.39, 0.29) is 6.03 Å². The van der Waals surface area contributed by atoms with Crippen LogP contribution >= 0.6 is 11.3 Å². The molecule has 2 aromatic carbocycles. The third-order valence-electron chi connectivity index (χ3n) is 4.08. The maximum absolute atomic E-state index is 12.3. The molecule has 0 aliphatic carbocycles. The van der Waals surface area contributed by atoms with Crippen LogP contribution in [0, 0.1) is 0 Å². The Morgan fingerprint density at radius 1 is 1.12 bits per heavy atom. The number of nitrogens with one attached hydrogen (secondary N) is 2. The van der Waals surface area contributed by atoms with Gasteiger partial charge >= 0.3 is 6.03 Å². The van der Waals surface area contributed by atoms with Gasteiger partial charge in [0.1, 0.15) is 0 Å². The van der Waals surface area contributed by atoms with Crippen LogP contribution in [0.5, 0.6) is 0 Å². The zero-order valence-corrected chi connectivity index (χ0v) is 14.9. The molecule has 4 aromatic rings. The largest absolute Gasteiger partial charge is 0.375 e. The summed E-state index contributed by atoms with van der Waals surface area (Å²) in [4.78, 5) is 16.6. The lowest BCUT2D eigenvalue weighted by atomic mass is 10.1. The minimum Gasteiger partial charge on any atom is -0.375 e. The molecule has 0 fully saturated rings. The van der Waals surface area contributed by atoms with Crippen LogP contribution in [0.25, 0.3) is 22.2 Å². The molecule has 0 aliphatic heterocycles. The Morgan fingerprint density at radius 3 is 2.69 bits per heavy atom. The minimum atomic E-state index is -0.296. The number of urea groups is 1. The summed E-state index contributed by atoms with van der Waals surface area (Å²) in [6.07, 6.45) is 1.99. The molecule has 0 saturated carbocycles. The lowest BCUT2D eigenvalue weighted by Crippen LogP contribution is -2.19. The molecule has 2 amide bonds. The summed E-state index contributed by atoms with van der Waals surface area (Å²) in [6, 6.07) is 15.0. The van der Waals surface area contributed by atoms with Gasteiger partial charge < -0.3 is 20.9 Å². The Bertz CT molecular complexity index is 1100. The Hall–Kier alpha value is -3.32. The standard InChI is InChI=1S/C19H17N5OS/c1-24-8-7-13-10-15(5-6-17(13)24)22-19(25)21-14-4-2-3-12(9-14)16-11-26-18(20)23-16/h2-11H,1H3,(H2,20,23)(H2,21,22,25). The summed E-state index contributed by atoms with van der Waals surface area (Å²) in [6.45, 7) is 0. The minimum absolute atomic E-state index is 0.296. The highest BCUT2D eigenvalue weighted by atomic mass is 32.1. The number of fused-ring (bicyclic) bond motifs is 1. The van der Waals surface area contributed by atoms with Gasteiger partial charge in [-0.1, -0.05) is 12.1 Å². The topological polar surface area (TPSA) is 85.0 Å². The van der Waals surface area contributed by atoms with Gasteiger partial charge in [-0.2, -0.15) is 0 Å². The van der Waals surface area contributed by atoms with Crippen LogP contribution in [0.1, 0.15) is 0 Å². The highest BCUT2D eigenvalue weighted by Gasteiger charge is 2.07. The Balaban J connectivity index is 1.49. The molecule has 7 heteroatoms. The molecule has 4 rings (SSSR count). The van der Waals surface area contributed by atoms with Gasteiger partial charge in [-0.05, 0) is 36.4 Å². The number of hydrogen-bond donors (Lipinski definition) is 3. The molecule has 6 nitrogen and oxygen atoms in total. The number of anilines is 3. The van der Waals surface area contributed by atoms with Crippen molar-refractivity contribution in [2.75, 3.05) is 16.4 Å². The number of aromatic nitrogens is 2. The molecule has 0 saturated heterocycles. The first kappa shape index (κ1) is 16.2. The first-order valence-corrected chi connectivity index (χ1v) is 8.91. The quantitative estimate of drug-likeness (QED) is 0.500.